The summed E-state index contributed by atoms with van der Waals surface area (Å²) in [5.41, 5.74) is 6.01. The maximum Gasteiger partial charge on any atom is 0.124 e. The fraction of sp³-hybridized carbons (Fsp3) is 0.231. The van der Waals surface area contributed by atoms with E-state index < -0.39 is 0 Å². The number of halogens is 2. The average Bonchev–Trinajstić information content (AvgIpc) is 2.72. The number of rotatable bonds is 4. The lowest BCUT2D eigenvalue weighted by Gasteiger charge is -2.19. The van der Waals surface area contributed by atoms with E-state index in [-0.39, 0.29) is 17.1 Å². The van der Waals surface area contributed by atoms with E-state index in [1.165, 1.54) is 23.5 Å². The molecule has 1 aromatic heterocycles. The lowest BCUT2D eigenvalue weighted by Crippen LogP contribution is -2.21. The maximum atomic E-state index is 13.2. The van der Waals surface area contributed by atoms with Crippen molar-refractivity contribution in [3.8, 4) is 0 Å². The van der Waals surface area contributed by atoms with E-state index in [2.05, 4.69) is 0 Å². The van der Waals surface area contributed by atoms with Gasteiger partial charge in [-0.3, -0.25) is 0 Å². The molecule has 2 rings (SSSR count). The standard InChI is InChI=1S/C13H13ClFNS2/c1-8(16)13(11-5-6-12(14)18-11)17-10-4-2-3-9(15)7-10/h2-8,13H,16H2,1H3. The van der Waals surface area contributed by atoms with Gasteiger partial charge in [0, 0.05) is 15.8 Å². The Hall–Kier alpha value is -0.550. The Morgan fingerprint density at radius 3 is 2.67 bits per heavy atom. The molecule has 2 unspecified atom stereocenters. The average molecular weight is 302 g/mol. The predicted molar refractivity (Wildman–Crippen MR) is 78.0 cm³/mol. The van der Waals surface area contributed by atoms with Crippen molar-refractivity contribution < 1.29 is 4.39 Å². The summed E-state index contributed by atoms with van der Waals surface area (Å²) in [6.45, 7) is 1.95. The third kappa shape index (κ3) is 3.48. The molecule has 0 bridgehead atoms. The maximum absolute atomic E-state index is 13.2. The first-order chi connectivity index (χ1) is 8.56. The summed E-state index contributed by atoms with van der Waals surface area (Å²) in [5, 5.41) is 0.0873. The molecule has 1 aromatic carbocycles. The molecule has 0 aliphatic heterocycles. The van der Waals surface area contributed by atoms with Gasteiger partial charge in [-0.15, -0.1) is 23.1 Å². The zero-order valence-corrected chi connectivity index (χ0v) is 12.2. The van der Waals surface area contributed by atoms with Crippen molar-refractivity contribution in [1.29, 1.82) is 0 Å². The van der Waals surface area contributed by atoms with Gasteiger partial charge in [0.2, 0.25) is 0 Å². The zero-order chi connectivity index (χ0) is 13.1. The van der Waals surface area contributed by atoms with Gasteiger partial charge in [-0.2, -0.15) is 0 Å². The van der Waals surface area contributed by atoms with Crippen molar-refractivity contribution in [2.45, 2.75) is 23.1 Å². The summed E-state index contributed by atoms with van der Waals surface area (Å²) >= 11 is 9.03. The Bertz CT molecular complexity index is 527. The first kappa shape index (κ1) is 13.9. The summed E-state index contributed by atoms with van der Waals surface area (Å²) in [6.07, 6.45) is 0. The molecular formula is C13H13ClFNS2. The van der Waals surface area contributed by atoms with Crippen LogP contribution in [0.15, 0.2) is 41.3 Å². The molecule has 0 aliphatic carbocycles. The van der Waals surface area contributed by atoms with Crippen molar-refractivity contribution in [1.82, 2.24) is 0 Å². The summed E-state index contributed by atoms with van der Waals surface area (Å²) in [5.74, 6) is -0.229. The zero-order valence-electron chi connectivity index (χ0n) is 9.77. The Labute approximate surface area is 119 Å². The first-order valence-electron chi connectivity index (χ1n) is 5.49. The second-order valence-corrected chi connectivity index (χ2v) is 6.96. The molecule has 0 radical (unpaired) electrons. The van der Waals surface area contributed by atoms with Crippen LogP contribution in [-0.4, -0.2) is 6.04 Å². The van der Waals surface area contributed by atoms with Gasteiger partial charge in [0.25, 0.3) is 0 Å². The van der Waals surface area contributed by atoms with Gasteiger partial charge in [0.1, 0.15) is 5.82 Å². The summed E-state index contributed by atoms with van der Waals surface area (Å²) in [4.78, 5) is 1.99. The fourth-order valence-corrected chi connectivity index (χ4v) is 4.08. The van der Waals surface area contributed by atoms with Gasteiger partial charge in [0.05, 0.1) is 9.59 Å². The van der Waals surface area contributed by atoms with Gasteiger partial charge >= 0.3 is 0 Å². The Balaban J connectivity index is 2.22. The Kier molecular flexibility index (Phi) is 4.67. The van der Waals surface area contributed by atoms with Crippen molar-refractivity contribution in [3.63, 3.8) is 0 Å². The number of hydrogen-bond acceptors (Lipinski definition) is 3. The van der Waals surface area contributed by atoms with Gasteiger partial charge in [0.15, 0.2) is 0 Å². The van der Waals surface area contributed by atoms with Crippen LogP contribution in [0.1, 0.15) is 17.1 Å². The normalized spacial score (nSPS) is 14.4. The van der Waals surface area contributed by atoms with Crippen LogP contribution >= 0.6 is 34.7 Å². The monoisotopic (exact) mass is 301 g/mol. The highest BCUT2D eigenvalue weighted by Crippen LogP contribution is 2.41. The van der Waals surface area contributed by atoms with E-state index in [4.69, 9.17) is 17.3 Å². The SMILES string of the molecule is CC(N)C(Sc1cccc(F)c1)c1ccc(Cl)s1. The van der Waals surface area contributed by atoms with E-state index in [1.54, 1.807) is 17.8 Å². The lowest BCUT2D eigenvalue weighted by atomic mass is 10.2. The van der Waals surface area contributed by atoms with Crippen LogP contribution in [0.5, 0.6) is 0 Å². The van der Waals surface area contributed by atoms with E-state index in [0.29, 0.717) is 0 Å². The van der Waals surface area contributed by atoms with Crippen LogP contribution in [0.4, 0.5) is 4.39 Å². The second-order valence-electron chi connectivity index (χ2n) is 4.00. The largest absolute Gasteiger partial charge is 0.327 e. The molecule has 0 spiro atoms. The number of thiophene rings is 1. The summed E-state index contributed by atoms with van der Waals surface area (Å²) in [7, 11) is 0. The first-order valence-corrected chi connectivity index (χ1v) is 7.56. The molecule has 0 saturated carbocycles. The molecule has 18 heavy (non-hydrogen) atoms. The quantitative estimate of drug-likeness (QED) is 0.827. The van der Waals surface area contributed by atoms with E-state index >= 15 is 0 Å². The van der Waals surface area contributed by atoms with Crippen molar-refractivity contribution in [2.75, 3.05) is 0 Å². The van der Waals surface area contributed by atoms with Gasteiger partial charge in [-0.05, 0) is 37.3 Å². The summed E-state index contributed by atoms with van der Waals surface area (Å²) in [6, 6.07) is 10.4. The van der Waals surface area contributed by atoms with Crippen LogP contribution in [0.25, 0.3) is 0 Å². The molecule has 2 N–H and O–H groups in total. The van der Waals surface area contributed by atoms with Crippen LogP contribution in [0.2, 0.25) is 4.34 Å². The minimum Gasteiger partial charge on any atom is -0.327 e. The topological polar surface area (TPSA) is 26.0 Å². The van der Waals surface area contributed by atoms with Crippen LogP contribution in [0, 0.1) is 5.82 Å². The molecule has 2 aromatic rings. The molecule has 5 heteroatoms. The van der Waals surface area contributed by atoms with Gasteiger partial charge in [-0.25, -0.2) is 4.39 Å². The van der Waals surface area contributed by atoms with Crippen molar-refractivity contribution in [2.24, 2.45) is 5.73 Å². The lowest BCUT2D eigenvalue weighted by molar-refractivity contribution is 0.624. The molecule has 2 atom stereocenters. The predicted octanol–water partition coefficient (Wildman–Crippen LogP) is 4.72. The second kappa shape index (κ2) is 6.06. The Morgan fingerprint density at radius 2 is 2.11 bits per heavy atom. The van der Waals surface area contributed by atoms with E-state index in [1.807, 2.05) is 25.1 Å². The van der Waals surface area contributed by atoms with Crippen LogP contribution in [-0.2, 0) is 0 Å². The highest BCUT2D eigenvalue weighted by molar-refractivity contribution is 7.99. The van der Waals surface area contributed by atoms with Crippen molar-refractivity contribution >= 4 is 34.7 Å². The highest BCUT2D eigenvalue weighted by atomic mass is 35.5. The summed E-state index contributed by atoms with van der Waals surface area (Å²) < 4.78 is 13.9. The number of thioether (sulfide) groups is 1. The molecular weight excluding hydrogens is 289 g/mol. The third-order valence-corrected chi connectivity index (χ3v) is 5.34. The minimum atomic E-state index is -0.229. The van der Waals surface area contributed by atoms with Crippen LogP contribution < -0.4 is 5.73 Å². The van der Waals surface area contributed by atoms with E-state index in [9.17, 15) is 4.39 Å². The molecule has 0 fully saturated rings. The van der Waals surface area contributed by atoms with Gasteiger partial charge in [-0.1, -0.05) is 17.7 Å². The number of hydrogen-bond donors (Lipinski definition) is 1. The number of nitrogens with two attached hydrogens (primary N) is 1. The van der Waals surface area contributed by atoms with Gasteiger partial charge < -0.3 is 5.73 Å². The molecule has 0 saturated heterocycles. The molecule has 1 heterocycles. The van der Waals surface area contributed by atoms with Crippen LogP contribution in [0.3, 0.4) is 0 Å². The smallest absolute Gasteiger partial charge is 0.124 e. The van der Waals surface area contributed by atoms with E-state index in [0.717, 1.165) is 14.1 Å². The fourth-order valence-electron chi connectivity index (χ4n) is 1.59. The molecule has 0 amide bonds. The molecule has 0 aliphatic rings. The molecule has 1 nitrogen and oxygen atoms in total. The number of benzene rings is 1. The highest BCUT2D eigenvalue weighted by Gasteiger charge is 2.19. The molecule has 96 valence electrons. The Morgan fingerprint density at radius 1 is 1.33 bits per heavy atom. The third-order valence-electron chi connectivity index (χ3n) is 2.41. The van der Waals surface area contributed by atoms with Crippen molar-refractivity contribution in [3.05, 3.63) is 51.4 Å². The minimum absolute atomic E-state index is 0.0343.